The molecule has 8 heteroatoms. The van der Waals surface area contributed by atoms with Crippen LogP contribution in [-0.4, -0.2) is 18.0 Å². The maximum atomic E-state index is 12.6. The fraction of sp³-hybridized carbons (Fsp3) is 0.120. The second-order valence-corrected chi connectivity index (χ2v) is 8.73. The van der Waals surface area contributed by atoms with E-state index in [1.165, 1.54) is 13.2 Å². The lowest BCUT2D eigenvalue weighted by atomic mass is 10.1. The average Bonchev–Trinajstić information content (AvgIpc) is 3.18. The zero-order chi connectivity index (χ0) is 23.7. The van der Waals surface area contributed by atoms with Crippen LogP contribution in [0.4, 0.5) is 5.69 Å². The molecular formula is C25H19Cl3N2O3. The zero-order valence-corrected chi connectivity index (χ0v) is 20.3. The minimum Gasteiger partial charge on any atom is -0.495 e. The van der Waals surface area contributed by atoms with E-state index in [1.807, 2.05) is 26.0 Å². The molecule has 1 heterocycles. The van der Waals surface area contributed by atoms with Crippen LogP contribution in [0, 0.1) is 13.8 Å². The molecule has 0 fully saturated rings. The number of methoxy groups -OCH3 is 1. The van der Waals surface area contributed by atoms with Crippen molar-refractivity contribution in [3.63, 3.8) is 0 Å². The summed E-state index contributed by atoms with van der Waals surface area (Å²) in [6.45, 7) is 3.99. The SMILES string of the molecule is COc1c(Cl)cc(Cl)cc1C=CC(=O)Nc1cc(-c2nc3cc(C)cc(C)c3o2)ccc1Cl. The molecule has 0 atom stereocenters. The second kappa shape index (κ2) is 9.48. The highest BCUT2D eigenvalue weighted by Crippen LogP contribution is 2.34. The Hall–Kier alpha value is -2.99. The van der Waals surface area contributed by atoms with E-state index in [0.717, 1.165) is 22.2 Å². The van der Waals surface area contributed by atoms with Crippen LogP contribution < -0.4 is 10.1 Å². The molecule has 0 saturated carbocycles. The van der Waals surface area contributed by atoms with Gasteiger partial charge in [0.1, 0.15) is 11.3 Å². The highest BCUT2D eigenvalue weighted by Gasteiger charge is 2.14. The van der Waals surface area contributed by atoms with Gasteiger partial charge in [0.25, 0.3) is 0 Å². The normalized spacial score (nSPS) is 11.3. The van der Waals surface area contributed by atoms with E-state index < -0.39 is 5.91 Å². The number of benzene rings is 3. The number of fused-ring (bicyclic) bond motifs is 1. The van der Waals surface area contributed by atoms with E-state index in [1.54, 1.807) is 36.4 Å². The molecule has 0 spiro atoms. The molecule has 0 saturated heterocycles. The van der Waals surface area contributed by atoms with Crippen molar-refractivity contribution in [1.82, 2.24) is 4.98 Å². The Kier molecular flexibility index (Phi) is 6.66. The monoisotopic (exact) mass is 500 g/mol. The van der Waals surface area contributed by atoms with Crippen LogP contribution in [-0.2, 0) is 4.79 Å². The van der Waals surface area contributed by atoms with E-state index in [4.69, 9.17) is 44.0 Å². The molecule has 0 aliphatic rings. The van der Waals surface area contributed by atoms with Gasteiger partial charge in [-0.25, -0.2) is 4.98 Å². The molecular weight excluding hydrogens is 483 g/mol. The first kappa shape index (κ1) is 23.2. The van der Waals surface area contributed by atoms with Crippen LogP contribution in [0.25, 0.3) is 28.6 Å². The molecule has 0 aliphatic heterocycles. The Morgan fingerprint density at radius 2 is 1.85 bits per heavy atom. The largest absolute Gasteiger partial charge is 0.495 e. The summed E-state index contributed by atoms with van der Waals surface area (Å²) in [5, 5.41) is 3.94. The maximum absolute atomic E-state index is 12.6. The number of oxazole rings is 1. The average molecular weight is 502 g/mol. The number of nitrogens with one attached hydrogen (secondary N) is 1. The van der Waals surface area contributed by atoms with Crippen LogP contribution in [0.5, 0.6) is 5.75 Å². The summed E-state index contributed by atoms with van der Waals surface area (Å²) in [6, 6.07) is 12.4. The van der Waals surface area contributed by atoms with Crippen LogP contribution in [0.15, 0.2) is 53.0 Å². The van der Waals surface area contributed by atoms with Gasteiger partial charge in [0.05, 0.1) is 22.8 Å². The van der Waals surface area contributed by atoms with Crippen molar-refractivity contribution >= 4 is 63.6 Å². The van der Waals surface area contributed by atoms with Gasteiger partial charge in [0.15, 0.2) is 5.58 Å². The van der Waals surface area contributed by atoms with Gasteiger partial charge < -0.3 is 14.5 Å². The summed E-state index contributed by atoms with van der Waals surface area (Å²) in [5.74, 6) is 0.475. The highest BCUT2D eigenvalue weighted by molar-refractivity contribution is 6.36. The predicted molar refractivity (Wildman–Crippen MR) is 135 cm³/mol. The Bertz CT molecular complexity index is 1410. The molecule has 1 amide bonds. The summed E-state index contributed by atoms with van der Waals surface area (Å²) in [6.07, 6.45) is 2.91. The maximum Gasteiger partial charge on any atom is 0.248 e. The molecule has 1 N–H and O–H groups in total. The number of carbonyl (C=O) groups is 1. The summed E-state index contributed by atoms with van der Waals surface area (Å²) < 4.78 is 11.3. The number of rotatable bonds is 5. The van der Waals surface area contributed by atoms with Gasteiger partial charge >= 0.3 is 0 Å². The molecule has 5 nitrogen and oxygen atoms in total. The van der Waals surface area contributed by atoms with Gasteiger partial charge in [-0.3, -0.25) is 4.79 Å². The third-order valence-corrected chi connectivity index (χ3v) is 5.78. The Balaban J connectivity index is 1.60. The van der Waals surface area contributed by atoms with E-state index in [0.29, 0.717) is 43.5 Å². The third kappa shape index (κ3) is 5.01. The quantitative estimate of drug-likeness (QED) is 0.284. The molecule has 0 bridgehead atoms. The number of aryl methyl sites for hydroxylation is 2. The van der Waals surface area contributed by atoms with Gasteiger partial charge in [-0.1, -0.05) is 40.9 Å². The van der Waals surface area contributed by atoms with Gasteiger partial charge in [0, 0.05) is 22.2 Å². The number of hydrogen-bond donors (Lipinski definition) is 1. The van der Waals surface area contributed by atoms with E-state index in [-0.39, 0.29) is 0 Å². The first-order chi connectivity index (χ1) is 15.7. The first-order valence-electron chi connectivity index (χ1n) is 9.95. The summed E-state index contributed by atoms with van der Waals surface area (Å²) in [7, 11) is 1.49. The summed E-state index contributed by atoms with van der Waals surface area (Å²) in [5.41, 5.74) is 5.31. The minimum atomic E-state index is -0.392. The van der Waals surface area contributed by atoms with E-state index in [2.05, 4.69) is 10.3 Å². The standard InChI is InChI=1S/C25H19Cl3N2O3/c1-13-8-14(2)23-21(9-13)30-25(33-23)16-4-6-18(27)20(11-16)29-22(31)7-5-15-10-17(26)12-19(28)24(15)32-3/h4-12H,1-3H3,(H,29,31). The van der Waals surface area contributed by atoms with Gasteiger partial charge in [-0.05, 0) is 67.4 Å². The van der Waals surface area contributed by atoms with Gasteiger partial charge in [-0.2, -0.15) is 0 Å². The molecule has 3 aromatic carbocycles. The number of halogens is 3. The molecule has 4 aromatic rings. The number of hydrogen-bond acceptors (Lipinski definition) is 4. The first-order valence-corrected chi connectivity index (χ1v) is 11.1. The molecule has 168 valence electrons. The number of nitrogens with zero attached hydrogens (tertiary/aromatic N) is 1. The molecule has 33 heavy (non-hydrogen) atoms. The number of anilines is 1. The lowest BCUT2D eigenvalue weighted by Gasteiger charge is -2.08. The van der Waals surface area contributed by atoms with E-state index >= 15 is 0 Å². The van der Waals surface area contributed by atoms with Crippen molar-refractivity contribution in [2.75, 3.05) is 12.4 Å². The zero-order valence-electron chi connectivity index (χ0n) is 18.0. The Labute approximate surface area is 205 Å². The van der Waals surface area contributed by atoms with Crippen molar-refractivity contribution in [2.45, 2.75) is 13.8 Å². The predicted octanol–water partition coefficient (Wildman–Crippen LogP) is 7.73. The smallest absolute Gasteiger partial charge is 0.248 e. The van der Waals surface area contributed by atoms with Crippen molar-refractivity contribution in [1.29, 1.82) is 0 Å². The van der Waals surface area contributed by atoms with Gasteiger partial charge in [0.2, 0.25) is 11.8 Å². The number of aromatic nitrogens is 1. The number of amides is 1. The van der Waals surface area contributed by atoms with Crippen molar-refractivity contribution in [3.05, 3.63) is 80.3 Å². The van der Waals surface area contributed by atoms with Crippen LogP contribution in [0.1, 0.15) is 16.7 Å². The lowest BCUT2D eigenvalue weighted by Crippen LogP contribution is -2.08. The van der Waals surface area contributed by atoms with Crippen molar-refractivity contribution in [2.24, 2.45) is 0 Å². The minimum absolute atomic E-state index is 0.351. The lowest BCUT2D eigenvalue weighted by molar-refractivity contribution is -0.111. The molecule has 1 aromatic heterocycles. The van der Waals surface area contributed by atoms with Crippen molar-refractivity contribution in [3.8, 4) is 17.2 Å². The van der Waals surface area contributed by atoms with E-state index in [9.17, 15) is 4.79 Å². The Morgan fingerprint density at radius 1 is 1.06 bits per heavy atom. The highest BCUT2D eigenvalue weighted by atomic mass is 35.5. The fourth-order valence-corrected chi connectivity index (χ4v) is 4.26. The number of ether oxygens (including phenoxy) is 1. The van der Waals surface area contributed by atoms with Crippen LogP contribution in [0.3, 0.4) is 0 Å². The Morgan fingerprint density at radius 3 is 2.61 bits per heavy atom. The molecule has 0 radical (unpaired) electrons. The molecule has 4 rings (SSSR count). The number of carbonyl (C=O) groups excluding carboxylic acids is 1. The van der Waals surface area contributed by atoms with Crippen LogP contribution >= 0.6 is 34.8 Å². The van der Waals surface area contributed by atoms with Gasteiger partial charge in [-0.15, -0.1) is 0 Å². The third-order valence-electron chi connectivity index (χ3n) is 4.95. The summed E-state index contributed by atoms with van der Waals surface area (Å²) in [4.78, 5) is 17.2. The second-order valence-electron chi connectivity index (χ2n) is 7.48. The fourth-order valence-electron chi connectivity index (χ4n) is 3.51. The van der Waals surface area contributed by atoms with Crippen molar-refractivity contribution < 1.29 is 13.9 Å². The summed E-state index contributed by atoms with van der Waals surface area (Å²) >= 11 is 18.5. The molecule has 0 aliphatic carbocycles. The topological polar surface area (TPSA) is 64.4 Å². The molecule has 0 unspecified atom stereocenters. The van der Waals surface area contributed by atoms with Crippen LogP contribution in [0.2, 0.25) is 15.1 Å².